The highest BCUT2D eigenvalue weighted by Gasteiger charge is 2.52. The van der Waals surface area contributed by atoms with Crippen molar-refractivity contribution < 1.29 is 17.9 Å². The fourth-order valence-electron chi connectivity index (χ4n) is 4.32. The van der Waals surface area contributed by atoms with Gasteiger partial charge < -0.3 is 9.64 Å². The van der Waals surface area contributed by atoms with Gasteiger partial charge in [-0.1, -0.05) is 37.3 Å². The van der Waals surface area contributed by atoms with E-state index in [1.54, 1.807) is 12.3 Å². The zero-order valence-corrected chi connectivity index (χ0v) is 15.0. The lowest BCUT2D eigenvalue weighted by atomic mass is 9.64. The summed E-state index contributed by atoms with van der Waals surface area (Å²) >= 11 is 0. The fraction of sp³-hybridized carbons (Fsp3) is 0.381. The van der Waals surface area contributed by atoms with Gasteiger partial charge in [0.25, 0.3) is 0 Å². The minimum Gasteiger partial charge on any atom is -0.404 e. The van der Waals surface area contributed by atoms with Crippen LogP contribution in [-0.4, -0.2) is 30.1 Å². The van der Waals surface area contributed by atoms with Crippen molar-refractivity contribution in [3.8, 4) is 0 Å². The van der Waals surface area contributed by atoms with Crippen molar-refractivity contribution in [2.75, 3.05) is 13.1 Å². The van der Waals surface area contributed by atoms with Crippen molar-refractivity contribution in [2.45, 2.75) is 26.1 Å². The van der Waals surface area contributed by atoms with Crippen molar-refractivity contribution >= 4 is 5.71 Å². The van der Waals surface area contributed by atoms with E-state index in [1.165, 1.54) is 11.6 Å². The van der Waals surface area contributed by atoms with Gasteiger partial charge in [0.2, 0.25) is 0 Å². The summed E-state index contributed by atoms with van der Waals surface area (Å²) in [6.45, 7) is 3.77. The zero-order chi connectivity index (χ0) is 19.1. The number of allylic oxidation sites excluding steroid dienone is 4. The van der Waals surface area contributed by atoms with Crippen LogP contribution in [0.1, 0.15) is 18.9 Å². The van der Waals surface area contributed by atoms with Crippen LogP contribution in [0, 0.1) is 11.3 Å². The number of likely N-dealkylation sites (tertiary alicyclic amines) is 1. The van der Waals surface area contributed by atoms with E-state index >= 15 is 0 Å². The normalized spacial score (nSPS) is 26.7. The maximum atomic E-state index is 12.8. The molecule has 0 amide bonds. The maximum Gasteiger partial charge on any atom is 0.573 e. The van der Waals surface area contributed by atoms with E-state index in [9.17, 15) is 13.2 Å². The zero-order valence-electron chi connectivity index (χ0n) is 15.0. The smallest absolute Gasteiger partial charge is 0.404 e. The van der Waals surface area contributed by atoms with E-state index in [0.717, 1.165) is 31.6 Å². The second-order valence-corrected chi connectivity index (χ2v) is 7.21. The van der Waals surface area contributed by atoms with Gasteiger partial charge in [0.1, 0.15) is 0 Å². The Morgan fingerprint density at radius 1 is 1.22 bits per heavy atom. The number of ether oxygens (including phenoxy) is 1. The minimum atomic E-state index is -4.73. The number of halogens is 3. The lowest BCUT2D eigenvalue weighted by Gasteiger charge is -2.49. The van der Waals surface area contributed by atoms with Crippen molar-refractivity contribution in [3.05, 3.63) is 71.8 Å². The molecule has 4 rings (SSSR count). The van der Waals surface area contributed by atoms with Crippen molar-refractivity contribution in [2.24, 2.45) is 16.3 Å². The predicted octanol–water partition coefficient (Wildman–Crippen LogP) is 4.84. The number of hydrogen-bond donors (Lipinski definition) is 0. The molecule has 3 aliphatic rings. The molecule has 1 spiro atoms. The topological polar surface area (TPSA) is 24.8 Å². The summed E-state index contributed by atoms with van der Waals surface area (Å²) in [5.74, 6) is -0.0530. The average molecular weight is 374 g/mol. The van der Waals surface area contributed by atoms with Gasteiger partial charge in [-0.2, -0.15) is 0 Å². The number of alkyl halides is 3. The summed E-state index contributed by atoms with van der Waals surface area (Å²) in [5.41, 5.74) is 1.99. The van der Waals surface area contributed by atoms with E-state index < -0.39 is 11.8 Å². The summed E-state index contributed by atoms with van der Waals surface area (Å²) in [6, 6.07) is 10.2. The summed E-state index contributed by atoms with van der Waals surface area (Å²) in [7, 11) is 0. The number of benzene rings is 1. The van der Waals surface area contributed by atoms with Crippen LogP contribution >= 0.6 is 0 Å². The Bertz CT molecular complexity index is 839. The molecular weight excluding hydrogens is 353 g/mol. The Morgan fingerprint density at radius 3 is 2.74 bits per heavy atom. The second-order valence-electron chi connectivity index (χ2n) is 7.21. The highest BCUT2D eigenvalue weighted by Crippen LogP contribution is 2.52. The molecule has 0 radical (unpaired) electrons. The number of rotatable bonds is 4. The van der Waals surface area contributed by atoms with Gasteiger partial charge in [0.15, 0.2) is 5.76 Å². The molecule has 0 saturated carbocycles. The van der Waals surface area contributed by atoms with E-state index in [4.69, 9.17) is 0 Å². The molecule has 1 fully saturated rings. The molecule has 0 bridgehead atoms. The Hall–Kier alpha value is -2.50. The van der Waals surface area contributed by atoms with E-state index in [-0.39, 0.29) is 11.7 Å². The van der Waals surface area contributed by atoms with E-state index in [0.29, 0.717) is 5.71 Å². The Balaban J connectivity index is 1.64. The molecule has 2 unspecified atom stereocenters. The lowest BCUT2D eigenvalue weighted by Crippen LogP contribution is -2.50. The fourth-order valence-corrected chi connectivity index (χ4v) is 4.32. The van der Waals surface area contributed by atoms with Gasteiger partial charge in [-0.3, -0.25) is 4.99 Å². The molecule has 2 aliphatic heterocycles. The maximum absolute atomic E-state index is 12.8. The third-order valence-electron chi connectivity index (χ3n) is 5.67. The van der Waals surface area contributed by atoms with Crippen LogP contribution in [-0.2, 0) is 11.2 Å². The van der Waals surface area contributed by atoms with E-state index in [1.807, 2.05) is 24.3 Å². The largest absolute Gasteiger partial charge is 0.573 e. The van der Waals surface area contributed by atoms with Crippen LogP contribution in [0.3, 0.4) is 0 Å². The molecule has 2 atom stereocenters. The number of aliphatic imine (C=N–C) groups is 1. The molecule has 6 heteroatoms. The Morgan fingerprint density at radius 2 is 2.00 bits per heavy atom. The molecule has 1 aromatic rings. The Labute approximate surface area is 156 Å². The van der Waals surface area contributed by atoms with Crippen LogP contribution in [0.15, 0.2) is 71.2 Å². The molecule has 3 nitrogen and oxygen atoms in total. The molecule has 0 N–H and O–H groups in total. The van der Waals surface area contributed by atoms with Crippen molar-refractivity contribution in [1.29, 1.82) is 0 Å². The Kier molecular flexibility index (Phi) is 4.36. The summed E-state index contributed by atoms with van der Waals surface area (Å²) in [4.78, 5) is 6.55. The minimum absolute atomic E-state index is 0.148. The van der Waals surface area contributed by atoms with Gasteiger partial charge in [-0.05, 0) is 42.6 Å². The first-order valence-corrected chi connectivity index (χ1v) is 9.13. The van der Waals surface area contributed by atoms with Gasteiger partial charge in [0, 0.05) is 25.0 Å². The first kappa shape index (κ1) is 17.9. The van der Waals surface area contributed by atoms with Crippen LogP contribution in [0.4, 0.5) is 13.2 Å². The average Bonchev–Trinajstić information content (AvgIpc) is 3.08. The molecule has 0 aromatic heterocycles. The third kappa shape index (κ3) is 3.17. The van der Waals surface area contributed by atoms with E-state index in [2.05, 4.69) is 33.7 Å². The van der Waals surface area contributed by atoms with Crippen molar-refractivity contribution in [3.63, 3.8) is 0 Å². The first-order valence-electron chi connectivity index (χ1n) is 9.13. The van der Waals surface area contributed by atoms with Gasteiger partial charge in [-0.15, -0.1) is 13.2 Å². The molecule has 1 saturated heterocycles. The molecule has 1 aromatic carbocycles. The summed E-state index contributed by atoms with van der Waals surface area (Å²) < 4.78 is 42.8. The quantitative estimate of drug-likeness (QED) is 0.753. The van der Waals surface area contributed by atoms with Crippen LogP contribution < -0.4 is 0 Å². The molecular formula is C21H21F3N2O. The first-order chi connectivity index (χ1) is 12.9. The van der Waals surface area contributed by atoms with Crippen LogP contribution in [0.2, 0.25) is 0 Å². The highest BCUT2D eigenvalue weighted by atomic mass is 19.4. The molecule has 1 aliphatic carbocycles. The van der Waals surface area contributed by atoms with Gasteiger partial charge in [-0.25, -0.2) is 0 Å². The number of hydrogen-bond acceptors (Lipinski definition) is 3. The van der Waals surface area contributed by atoms with Gasteiger partial charge >= 0.3 is 6.36 Å². The monoisotopic (exact) mass is 374 g/mol. The highest BCUT2D eigenvalue weighted by molar-refractivity contribution is 6.09. The van der Waals surface area contributed by atoms with Crippen molar-refractivity contribution in [1.82, 2.24) is 4.90 Å². The third-order valence-corrected chi connectivity index (χ3v) is 5.67. The summed E-state index contributed by atoms with van der Waals surface area (Å²) in [6.07, 6.45) is 3.76. The number of nitrogens with zero attached hydrogens (tertiary/aromatic N) is 2. The SMILES string of the molecule is CC1CCN(CCc2ccccc2)C2=CC=C(OC(F)(F)F)C3=NC=CC231. The molecule has 27 heavy (non-hydrogen) atoms. The van der Waals surface area contributed by atoms with Crippen LogP contribution in [0.5, 0.6) is 0 Å². The van der Waals surface area contributed by atoms with Gasteiger partial charge in [0.05, 0.1) is 11.1 Å². The number of piperidine rings is 1. The summed E-state index contributed by atoms with van der Waals surface area (Å²) in [5, 5.41) is 0. The van der Waals surface area contributed by atoms with Crippen LogP contribution in [0.25, 0.3) is 0 Å². The lowest BCUT2D eigenvalue weighted by molar-refractivity contribution is -0.302. The predicted molar refractivity (Wildman–Crippen MR) is 97.8 cm³/mol. The second kappa shape index (κ2) is 6.59. The standard InChI is InChI=1S/C21H21F3N2O/c1-15-9-13-26(14-10-16-5-3-2-4-6-16)18-8-7-17(27-21(22,23)24)19-20(15,18)11-12-25-19/h2-8,11-12,15H,9-10,13-14H2,1H3. The molecule has 2 heterocycles. The molecule has 142 valence electrons.